The lowest BCUT2D eigenvalue weighted by Crippen LogP contribution is -2.09. The highest BCUT2D eigenvalue weighted by Crippen LogP contribution is 2.38. The Hall–Kier alpha value is -0.350. The van der Waals surface area contributed by atoms with Crippen LogP contribution in [-0.2, 0) is 0 Å². The molecule has 0 fully saturated rings. The molecule has 2 aliphatic heterocycles. The quantitative estimate of drug-likeness (QED) is 0.642. The monoisotopic (exact) mass is 198 g/mol. The Morgan fingerprint density at radius 3 is 3.25 bits per heavy atom. The predicted molar refractivity (Wildman–Crippen MR) is 57.3 cm³/mol. The highest BCUT2D eigenvalue weighted by Gasteiger charge is 2.22. The topological polar surface area (TPSA) is 15.6 Å². The zero-order valence-corrected chi connectivity index (χ0v) is 8.65. The van der Waals surface area contributed by atoms with Gasteiger partial charge in [0.15, 0.2) is 0 Å². The van der Waals surface area contributed by atoms with Gasteiger partial charge in [-0.05, 0) is 12.3 Å². The third-order valence-corrected chi connectivity index (χ3v) is 3.97. The van der Waals surface area contributed by atoms with Crippen molar-refractivity contribution in [1.29, 1.82) is 0 Å². The van der Waals surface area contributed by atoms with E-state index in [0.29, 0.717) is 4.71 Å². The van der Waals surface area contributed by atoms with E-state index < -0.39 is 0 Å². The van der Waals surface area contributed by atoms with Gasteiger partial charge in [0.05, 0.1) is 10.6 Å². The van der Waals surface area contributed by atoms with Gasteiger partial charge >= 0.3 is 0 Å². The molecule has 64 valence electrons. The van der Waals surface area contributed by atoms with Gasteiger partial charge in [0.25, 0.3) is 0 Å². The largest absolute Gasteiger partial charge is 0.356 e. The lowest BCUT2D eigenvalue weighted by Gasteiger charge is -2.13. The summed E-state index contributed by atoms with van der Waals surface area (Å²) in [6.45, 7) is 0. The van der Waals surface area contributed by atoms with E-state index in [2.05, 4.69) is 28.4 Å². The Balaban J connectivity index is 2.23. The molecule has 0 N–H and O–H groups in total. The Morgan fingerprint density at radius 2 is 2.50 bits per heavy atom. The van der Waals surface area contributed by atoms with Gasteiger partial charge in [-0.1, -0.05) is 11.8 Å². The van der Waals surface area contributed by atoms with Crippen LogP contribution in [0.5, 0.6) is 0 Å². The maximum Gasteiger partial charge on any atom is 0.146 e. The highest BCUT2D eigenvalue weighted by atomic mass is 32.2. The zero-order chi connectivity index (χ0) is 8.55. The summed E-state index contributed by atoms with van der Waals surface area (Å²) in [5.74, 6) is 0. The third-order valence-electron chi connectivity index (χ3n) is 1.71. The molecule has 0 saturated carbocycles. The molecule has 0 aliphatic carbocycles. The molecular formula is C8H10N2S2. The van der Waals surface area contributed by atoms with Crippen LogP contribution >= 0.6 is 23.5 Å². The second-order valence-electron chi connectivity index (χ2n) is 2.65. The van der Waals surface area contributed by atoms with E-state index in [0.717, 1.165) is 5.71 Å². The predicted octanol–water partition coefficient (Wildman–Crippen LogP) is 2.12. The number of hydrogen-bond acceptors (Lipinski definition) is 4. The maximum atomic E-state index is 4.52. The molecule has 2 nitrogen and oxygen atoms in total. The van der Waals surface area contributed by atoms with Crippen molar-refractivity contribution in [3.05, 3.63) is 23.4 Å². The first-order chi connectivity index (χ1) is 5.79. The fraction of sp³-hybridized carbons (Fsp3) is 0.375. The fourth-order valence-corrected chi connectivity index (χ4v) is 2.88. The van der Waals surface area contributed by atoms with Gasteiger partial charge < -0.3 is 4.90 Å². The van der Waals surface area contributed by atoms with Gasteiger partial charge in [0, 0.05) is 19.4 Å². The van der Waals surface area contributed by atoms with E-state index >= 15 is 0 Å². The molecule has 1 unspecified atom stereocenters. The molecule has 0 saturated heterocycles. The van der Waals surface area contributed by atoms with Crippen LogP contribution in [0.3, 0.4) is 0 Å². The number of rotatable bonds is 1. The molecule has 0 radical (unpaired) electrons. The SMILES string of the molecule is CSC1N=C2C=CN(C)C=C2S1. The molecule has 1 atom stereocenters. The van der Waals surface area contributed by atoms with E-state index in [1.165, 1.54) is 4.91 Å². The molecule has 4 heteroatoms. The molecular weight excluding hydrogens is 188 g/mol. The van der Waals surface area contributed by atoms with E-state index in [9.17, 15) is 0 Å². The van der Waals surface area contributed by atoms with Gasteiger partial charge in [-0.3, -0.25) is 4.99 Å². The number of aliphatic imine (C=N–C) groups is 1. The molecule has 0 aromatic heterocycles. The summed E-state index contributed by atoms with van der Waals surface area (Å²) in [5, 5.41) is 0. The molecule has 2 heterocycles. The summed E-state index contributed by atoms with van der Waals surface area (Å²) in [7, 11) is 2.03. The summed E-state index contributed by atoms with van der Waals surface area (Å²) in [6.07, 6.45) is 8.32. The standard InChI is InChI=1S/C8H10N2S2/c1-10-4-3-6-7(5-10)12-8(9-6)11-2/h3-5,8H,1-2H3. The molecule has 2 aliphatic rings. The van der Waals surface area contributed by atoms with Crippen LogP contribution in [0, 0.1) is 0 Å². The lowest BCUT2D eigenvalue weighted by atomic mass is 10.3. The highest BCUT2D eigenvalue weighted by molar-refractivity contribution is 8.19. The van der Waals surface area contributed by atoms with Crippen LogP contribution < -0.4 is 0 Å². The first-order valence-corrected chi connectivity index (χ1v) is 5.86. The van der Waals surface area contributed by atoms with Crippen LogP contribution in [0.1, 0.15) is 0 Å². The van der Waals surface area contributed by atoms with Crippen LogP contribution in [0.25, 0.3) is 0 Å². The molecule has 2 rings (SSSR count). The summed E-state index contributed by atoms with van der Waals surface area (Å²) >= 11 is 3.61. The number of hydrogen-bond donors (Lipinski definition) is 0. The van der Waals surface area contributed by atoms with Crippen molar-refractivity contribution in [2.75, 3.05) is 13.3 Å². The van der Waals surface area contributed by atoms with Crippen molar-refractivity contribution in [1.82, 2.24) is 4.90 Å². The molecule has 0 aromatic rings. The fourth-order valence-electron chi connectivity index (χ4n) is 1.11. The summed E-state index contributed by atoms with van der Waals surface area (Å²) in [6, 6.07) is 0. The van der Waals surface area contributed by atoms with Gasteiger partial charge in [-0.25, -0.2) is 0 Å². The Morgan fingerprint density at radius 1 is 1.67 bits per heavy atom. The molecule has 12 heavy (non-hydrogen) atoms. The van der Waals surface area contributed by atoms with Crippen molar-refractivity contribution in [3.8, 4) is 0 Å². The van der Waals surface area contributed by atoms with E-state index in [1.54, 1.807) is 11.8 Å². The van der Waals surface area contributed by atoms with Crippen LogP contribution in [0.15, 0.2) is 28.4 Å². The van der Waals surface area contributed by atoms with Crippen molar-refractivity contribution in [3.63, 3.8) is 0 Å². The average Bonchev–Trinajstić information content (AvgIpc) is 2.46. The van der Waals surface area contributed by atoms with Crippen molar-refractivity contribution in [2.24, 2.45) is 4.99 Å². The van der Waals surface area contributed by atoms with E-state index in [1.807, 2.05) is 25.0 Å². The third kappa shape index (κ3) is 1.41. The second-order valence-corrected chi connectivity index (χ2v) is 4.99. The van der Waals surface area contributed by atoms with Crippen LogP contribution in [-0.4, -0.2) is 28.6 Å². The molecule has 0 spiro atoms. The smallest absolute Gasteiger partial charge is 0.146 e. The molecule has 0 aromatic carbocycles. The number of nitrogens with zero attached hydrogens (tertiary/aromatic N) is 2. The second kappa shape index (κ2) is 3.18. The average molecular weight is 198 g/mol. The first kappa shape index (κ1) is 8.26. The van der Waals surface area contributed by atoms with Crippen molar-refractivity contribution < 1.29 is 0 Å². The summed E-state index contributed by atoms with van der Waals surface area (Å²) in [5.41, 5.74) is 1.14. The number of allylic oxidation sites excluding steroid dienone is 2. The Bertz CT molecular complexity index is 281. The summed E-state index contributed by atoms with van der Waals surface area (Å²) in [4.78, 5) is 7.87. The normalized spacial score (nSPS) is 26.8. The van der Waals surface area contributed by atoms with E-state index in [-0.39, 0.29) is 0 Å². The minimum absolute atomic E-state index is 0.363. The van der Waals surface area contributed by atoms with Crippen molar-refractivity contribution in [2.45, 2.75) is 4.71 Å². The van der Waals surface area contributed by atoms with Gasteiger partial charge in [-0.15, -0.1) is 11.8 Å². The Kier molecular flexibility index (Phi) is 2.19. The van der Waals surface area contributed by atoms with Crippen molar-refractivity contribution >= 4 is 29.2 Å². The summed E-state index contributed by atoms with van der Waals surface area (Å²) < 4.78 is 0.363. The van der Waals surface area contributed by atoms with Gasteiger partial charge in [-0.2, -0.15) is 0 Å². The first-order valence-electron chi connectivity index (χ1n) is 3.69. The van der Waals surface area contributed by atoms with Gasteiger partial charge in [0.2, 0.25) is 0 Å². The minimum atomic E-state index is 0.363. The zero-order valence-electron chi connectivity index (χ0n) is 7.02. The van der Waals surface area contributed by atoms with Crippen LogP contribution in [0.2, 0.25) is 0 Å². The van der Waals surface area contributed by atoms with Gasteiger partial charge in [0.1, 0.15) is 4.71 Å². The lowest BCUT2D eigenvalue weighted by molar-refractivity contribution is 0.623. The van der Waals surface area contributed by atoms with Crippen LogP contribution in [0.4, 0.5) is 0 Å². The Labute approximate surface area is 80.8 Å². The minimum Gasteiger partial charge on any atom is -0.356 e. The number of thioether (sulfide) groups is 2. The number of fused-ring (bicyclic) bond motifs is 1. The van der Waals surface area contributed by atoms with E-state index in [4.69, 9.17) is 0 Å². The maximum absolute atomic E-state index is 4.52. The molecule has 0 amide bonds. The molecule has 0 bridgehead atoms.